The number of aromatic nitrogens is 3. The number of aryl methyl sites for hydroxylation is 1. The van der Waals surface area contributed by atoms with Gasteiger partial charge < -0.3 is 19.9 Å². The molecule has 2 N–H and O–H groups in total. The van der Waals surface area contributed by atoms with Crippen molar-refractivity contribution in [2.24, 2.45) is 7.05 Å². The maximum absolute atomic E-state index is 14.7. The predicted octanol–water partition coefficient (Wildman–Crippen LogP) is 4.70. The number of halogens is 2. The highest BCUT2D eigenvalue weighted by atomic mass is 19.3. The van der Waals surface area contributed by atoms with Gasteiger partial charge in [-0.1, -0.05) is 18.2 Å². The average molecular weight is 514 g/mol. The van der Waals surface area contributed by atoms with E-state index in [-0.39, 0.29) is 23.6 Å². The number of anilines is 1. The molecule has 1 aromatic carbocycles. The van der Waals surface area contributed by atoms with Crippen molar-refractivity contribution in [3.05, 3.63) is 63.3 Å². The maximum atomic E-state index is 14.7. The predicted molar refractivity (Wildman–Crippen MR) is 142 cm³/mol. The minimum Gasteiger partial charge on any atom is -0.384 e. The van der Waals surface area contributed by atoms with Crippen LogP contribution < -0.4 is 10.9 Å². The zero-order chi connectivity index (χ0) is 27.1. The third kappa shape index (κ3) is 5.38. The fraction of sp³-hybridized carbons (Fsp3) is 0.536. The number of likely N-dealkylation sites (tertiary alicyclic amines) is 1. The van der Waals surface area contributed by atoms with Crippen molar-refractivity contribution in [2.45, 2.75) is 77.5 Å². The van der Waals surface area contributed by atoms with E-state index in [1.165, 1.54) is 12.1 Å². The number of hydrogen-bond donors (Lipinski definition) is 2. The number of rotatable bonds is 7. The number of nitrogens with one attached hydrogen (secondary N) is 1. The van der Waals surface area contributed by atoms with Crippen molar-refractivity contribution < 1.29 is 13.9 Å². The molecule has 0 radical (unpaired) electrons. The highest BCUT2D eigenvalue weighted by molar-refractivity contribution is 5.89. The molecule has 3 aromatic rings. The summed E-state index contributed by atoms with van der Waals surface area (Å²) in [6, 6.07) is 8.48. The Morgan fingerprint density at radius 3 is 2.46 bits per heavy atom. The summed E-state index contributed by atoms with van der Waals surface area (Å²) in [5.41, 5.74) is -0.714. The van der Waals surface area contributed by atoms with Crippen molar-refractivity contribution in [1.82, 2.24) is 19.4 Å². The van der Waals surface area contributed by atoms with Crippen molar-refractivity contribution in [3.8, 4) is 0 Å². The van der Waals surface area contributed by atoms with Crippen LogP contribution in [0.4, 0.5) is 14.6 Å². The Kier molecular flexibility index (Phi) is 7.41. The van der Waals surface area contributed by atoms with Crippen molar-refractivity contribution >= 4 is 16.7 Å². The summed E-state index contributed by atoms with van der Waals surface area (Å²) in [6.45, 7) is 10.5. The zero-order valence-corrected chi connectivity index (χ0v) is 22.5. The molecule has 0 bridgehead atoms. The molecular weight excluding hydrogens is 476 g/mol. The third-order valence-corrected chi connectivity index (χ3v) is 7.44. The summed E-state index contributed by atoms with van der Waals surface area (Å²) in [5.74, 6) is -2.20. The molecular formula is C28H37F2N5O2. The number of nitrogens with zero attached hydrogens (tertiary/aromatic N) is 4. The molecule has 1 fully saturated rings. The first kappa shape index (κ1) is 27.1. The summed E-state index contributed by atoms with van der Waals surface area (Å²) in [5, 5.41) is 13.8. The van der Waals surface area contributed by atoms with Gasteiger partial charge in [-0.05, 0) is 78.2 Å². The van der Waals surface area contributed by atoms with Gasteiger partial charge in [0.15, 0.2) is 0 Å². The second kappa shape index (κ2) is 10.1. The molecule has 37 heavy (non-hydrogen) atoms. The average Bonchev–Trinajstić information content (AvgIpc) is 2.84. The zero-order valence-electron chi connectivity index (χ0n) is 22.5. The van der Waals surface area contributed by atoms with E-state index in [1.54, 1.807) is 30.7 Å². The highest BCUT2D eigenvalue weighted by Gasteiger charge is 2.46. The molecule has 1 saturated heterocycles. The lowest BCUT2D eigenvalue weighted by Crippen LogP contribution is -2.40. The Balaban J connectivity index is 1.66. The van der Waals surface area contributed by atoms with E-state index in [0.29, 0.717) is 34.2 Å². The summed E-state index contributed by atoms with van der Waals surface area (Å²) in [7, 11) is 1.80. The van der Waals surface area contributed by atoms with Crippen LogP contribution >= 0.6 is 0 Å². The molecule has 200 valence electrons. The third-order valence-electron chi connectivity index (χ3n) is 7.44. The van der Waals surface area contributed by atoms with Crippen LogP contribution in [0.2, 0.25) is 0 Å². The van der Waals surface area contributed by atoms with Gasteiger partial charge in [0, 0.05) is 36.8 Å². The molecule has 2 aromatic heterocycles. The van der Waals surface area contributed by atoms with Gasteiger partial charge in [-0.25, -0.2) is 9.97 Å². The van der Waals surface area contributed by atoms with E-state index >= 15 is 0 Å². The Bertz CT molecular complexity index is 1340. The number of benzene rings is 1. The Hall–Kier alpha value is -2.91. The molecule has 1 aliphatic heterocycles. The minimum atomic E-state index is -3.41. The summed E-state index contributed by atoms with van der Waals surface area (Å²) in [4.78, 5) is 24.7. The Morgan fingerprint density at radius 2 is 1.84 bits per heavy atom. The lowest BCUT2D eigenvalue weighted by molar-refractivity contribution is -0.168. The smallest absolute Gasteiger partial charge is 0.300 e. The van der Waals surface area contributed by atoms with Crippen LogP contribution in [0.3, 0.4) is 0 Å². The fourth-order valence-electron chi connectivity index (χ4n) is 5.06. The van der Waals surface area contributed by atoms with Gasteiger partial charge in [-0.15, -0.1) is 0 Å². The quantitative estimate of drug-likeness (QED) is 0.477. The van der Waals surface area contributed by atoms with E-state index in [0.717, 1.165) is 45.5 Å². The molecule has 0 atom stereocenters. The molecule has 0 amide bonds. The first-order chi connectivity index (χ1) is 17.3. The number of hydrogen-bond acceptors (Lipinski definition) is 6. The Morgan fingerprint density at radius 1 is 1.16 bits per heavy atom. The van der Waals surface area contributed by atoms with Crippen LogP contribution in [0.5, 0.6) is 0 Å². The van der Waals surface area contributed by atoms with Gasteiger partial charge in [-0.3, -0.25) is 4.79 Å². The van der Waals surface area contributed by atoms with Gasteiger partial charge in [0.25, 0.3) is 5.56 Å². The van der Waals surface area contributed by atoms with Crippen LogP contribution in [0, 0.1) is 6.92 Å². The second-order valence-electron chi connectivity index (χ2n) is 10.9. The lowest BCUT2D eigenvalue weighted by atomic mass is 9.91. The number of alkyl halides is 2. The van der Waals surface area contributed by atoms with Crippen LogP contribution in [-0.2, 0) is 19.5 Å². The van der Waals surface area contributed by atoms with Gasteiger partial charge in [0.05, 0.1) is 5.39 Å². The van der Waals surface area contributed by atoms with Crippen molar-refractivity contribution in [1.29, 1.82) is 0 Å². The van der Waals surface area contributed by atoms with Crippen molar-refractivity contribution in [2.75, 3.05) is 18.4 Å². The van der Waals surface area contributed by atoms with Gasteiger partial charge in [0.2, 0.25) is 0 Å². The summed E-state index contributed by atoms with van der Waals surface area (Å²) < 4.78 is 31.1. The van der Waals surface area contributed by atoms with Crippen LogP contribution in [0.15, 0.2) is 35.1 Å². The van der Waals surface area contributed by atoms with Crippen LogP contribution in [0.1, 0.15) is 69.1 Å². The molecule has 3 heterocycles. The highest BCUT2D eigenvalue weighted by Crippen LogP contribution is 2.39. The largest absolute Gasteiger partial charge is 0.384 e. The van der Waals surface area contributed by atoms with E-state index in [4.69, 9.17) is 0 Å². The second-order valence-corrected chi connectivity index (χ2v) is 10.9. The van der Waals surface area contributed by atoms with E-state index < -0.39 is 11.5 Å². The fourth-order valence-corrected chi connectivity index (χ4v) is 5.06. The number of pyridine rings is 1. The first-order valence-corrected chi connectivity index (χ1v) is 12.9. The maximum Gasteiger partial charge on any atom is 0.300 e. The van der Waals surface area contributed by atoms with Crippen molar-refractivity contribution in [3.63, 3.8) is 0 Å². The standard InChI is InChI=1S/C28H37F2N5O2/c1-17(2)35-12-10-20(11-13-35)23-15-22-24(26(36)34(23)6)32-18(3)33-25(22)31-16-19-8-7-9-21(14-19)28(29,30)27(4,5)37/h7-9,14-15,17,20,37H,10-13,16H2,1-6H3,(H,31,32,33). The summed E-state index contributed by atoms with van der Waals surface area (Å²) >= 11 is 0. The molecule has 9 heteroatoms. The van der Waals surface area contributed by atoms with E-state index in [9.17, 15) is 18.7 Å². The number of piperidine rings is 1. The normalized spacial score (nSPS) is 16.1. The van der Waals surface area contributed by atoms with Gasteiger partial charge in [-0.2, -0.15) is 8.78 Å². The summed E-state index contributed by atoms with van der Waals surface area (Å²) in [6.07, 6.45) is 1.93. The van der Waals surface area contributed by atoms with Gasteiger partial charge in [0.1, 0.15) is 22.8 Å². The topological polar surface area (TPSA) is 83.3 Å². The molecule has 4 rings (SSSR count). The molecule has 0 spiro atoms. The van der Waals surface area contributed by atoms with Crippen LogP contribution in [0.25, 0.3) is 10.9 Å². The molecule has 7 nitrogen and oxygen atoms in total. The number of fused-ring (bicyclic) bond motifs is 1. The number of aliphatic hydroxyl groups is 1. The van der Waals surface area contributed by atoms with E-state index in [2.05, 4.69) is 34.0 Å². The monoisotopic (exact) mass is 513 g/mol. The lowest BCUT2D eigenvalue weighted by Gasteiger charge is -2.35. The molecule has 0 aliphatic carbocycles. The Labute approximate surface area is 216 Å². The van der Waals surface area contributed by atoms with Crippen LogP contribution in [-0.4, -0.2) is 49.3 Å². The first-order valence-electron chi connectivity index (χ1n) is 12.9. The SMILES string of the molecule is Cc1nc(NCc2cccc(C(F)(F)C(C)(C)O)c2)c2cc(C3CCN(C(C)C)CC3)n(C)c(=O)c2n1. The van der Waals surface area contributed by atoms with E-state index in [1.807, 2.05) is 6.07 Å². The molecule has 0 saturated carbocycles. The molecule has 0 unspecified atom stereocenters. The minimum absolute atomic E-state index is 0.167. The van der Waals surface area contributed by atoms with Gasteiger partial charge >= 0.3 is 5.92 Å². The molecule has 1 aliphatic rings.